The van der Waals surface area contributed by atoms with Gasteiger partial charge < -0.3 is 10.3 Å². The lowest BCUT2D eigenvalue weighted by molar-refractivity contribution is 0.245. The van der Waals surface area contributed by atoms with E-state index in [4.69, 9.17) is 5.73 Å². The van der Waals surface area contributed by atoms with Crippen molar-refractivity contribution in [2.24, 2.45) is 11.7 Å². The third kappa shape index (κ3) is 4.56. The summed E-state index contributed by atoms with van der Waals surface area (Å²) in [5, 5.41) is 0. The number of aromatic nitrogens is 1. The third-order valence-corrected chi connectivity index (χ3v) is 5.59. The van der Waals surface area contributed by atoms with Crippen LogP contribution in [0.3, 0.4) is 0 Å². The quantitative estimate of drug-likeness (QED) is 0.864. The summed E-state index contributed by atoms with van der Waals surface area (Å²) in [6.07, 6.45) is 7.27. The number of hydrogen-bond donors (Lipinski definition) is 1. The Morgan fingerprint density at radius 2 is 2.24 bits per heavy atom. The Bertz CT molecular complexity index is 553. The van der Waals surface area contributed by atoms with Gasteiger partial charge in [0, 0.05) is 44.0 Å². The summed E-state index contributed by atoms with van der Waals surface area (Å²) in [4.78, 5) is 0. The molecule has 120 valence electrons. The van der Waals surface area contributed by atoms with Crippen LogP contribution in [0.2, 0.25) is 0 Å². The van der Waals surface area contributed by atoms with Crippen molar-refractivity contribution >= 4 is 10.0 Å². The average molecular weight is 313 g/mol. The molecule has 1 aliphatic heterocycles. The zero-order valence-corrected chi connectivity index (χ0v) is 13.8. The molecule has 1 aromatic heterocycles. The Hall–Kier alpha value is -0.850. The van der Waals surface area contributed by atoms with Gasteiger partial charge in [0.15, 0.2) is 0 Å². The molecular formula is C15H27N3O2S. The predicted molar refractivity (Wildman–Crippen MR) is 85.5 cm³/mol. The molecule has 6 heteroatoms. The van der Waals surface area contributed by atoms with Crippen LogP contribution in [-0.2, 0) is 23.0 Å². The second kappa shape index (κ2) is 6.94. The van der Waals surface area contributed by atoms with Gasteiger partial charge in [-0.05, 0) is 37.3 Å². The van der Waals surface area contributed by atoms with Gasteiger partial charge in [0.05, 0.1) is 6.26 Å². The van der Waals surface area contributed by atoms with E-state index >= 15 is 0 Å². The van der Waals surface area contributed by atoms with Crippen LogP contribution in [0.4, 0.5) is 0 Å². The lowest BCUT2D eigenvalue weighted by Gasteiger charge is -2.31. The van der Waals surface area contributed by atoms with E-state index in [1.165, 1.54) is 11.9 Å². The average Bonchev–Trinajstić information content (AvgIpc) is 2.85. The van der Waals surface area contributed by atoms with E-state index in [1.54, 1.807) is 4.31 Å². The first kappa shape index (κ1) is 16.5. The molecule has 1 fully saturated rings. The minimum atomic E-state index is -3.07. The molecule has 2 unspecified atom stereocenters. The maximum atomic E-state index is 11.7. The highest BCUT2D eigenvalue weighted by molar-refractivity contribution is 7.88. The summed E-state index contributed by atoms with van der Waals surface area (Å²) >= 11 is 0. The van der Waals surface area contributed by atoms with Crippen LogP contribution in [0, 0.1) is 5.92 Å². The van der Waals surface area contributed by atoms with Crippen LogP contribution in [0.15, 0.2) is 18.3 Å². The smallest absolute Gasteiger partial charge is 0.211 e. The van der Waals surface area contributed by atoms with Gasteiger partial charge in [-0.3, -0.25) is 0 Å². The molecule has 2 heterocycles. The lowest BCUT2D eigenvalue weighted by Crippen LogP contribution is -2.40. The van der Waals surface area contributed by atoms with E-state index in [0.29, 0.717) is 19.0 Å². The van der Waals surface area contributed by atoms with Crippen molar-refractivity contribution in [3.63, 3.8) is 0 Å². The summed E-state index contributed by atoms with van der Waals surface area (Å²) in [6.45, 7) is 4.28. The fourth-order valence-electron chi connectivity index (χ4n) is 2.98. The summed E-state index contributed by atoms with van der Waals surface area (Å²) in [5.41, 5.74) is 7.30. The van der Waals surface area contributed by atoms with Crippen LogP contribution in [0.25, 0.3) is 0 Å². The molecule has 2 N–H and O–H groups in total. The van der Waals surface area contributed by atoms with Crippen molar-refractivity contribution < 1.29 is 8.42 Å². The number of rotatable bonds is 6. The molecule has 0 amide bonds. The van der Waals surface area contributed by atoms with Crippen LogP contribution < -0.4 is 5.73 Å². The highest BCUT2D eigenvalue weighted by atomic mass is 32.2. The molecule has 1 aromatic rings. The molecular weight excluding hydrogens is 286 g/mol. The van der Waals surface area contributed by atoms with E-state index in [2.05, 4.69) is 29.8 Å². The number of nitrogens with zero attached hydrogens (tertiary/aromatic N) is 2. The van der Waals surface area contributed by atoms with Crippen LogP contribution in [-0.4, -0.2) is 42.7 Å². The number of sulfonamides is 1. The molecule has 5 nitrogen and oxygen atoms in total. The van der Waals surface area contributed by atoms with Gasteiger partial charge in [-0.2, -0.15) is 0 Å². The summed E-state index contributed by atoms with van der Waals surface area (Å²) in [6, 6.07) is 4.36. The largest absolute Gasteiger partial charge is 0.351 e. The maximum Gasteiger partial charge on any atom is 0.211 e. The molecule has 0 saturated carbocycles. The SMILES string of the molecule is CCC(N)Cc1cccn1CC1CCCN(S(C)(=O)=O)C1. The molecule has 2 rings (SSSR count). The Labute approximate surface area is 128 Å². The van der Waals surface area contributed by atoms with E-state index in [1.807, 2.05) is 0 Å². The lowest BCUT2D eigenvalue weighted by atomic mass is 9.99. The molecule has 1 saturated heterocycles. The molecule has 1 aliphatic rings. The molecule has 0 bridgehead atoms. The van der Waals surface area contributed by atoms with Gasteiger partial charge in [0.1, 0.15) is 0 Å². The van der Waals surface area contributed by atoms with Gasteiger partial charge in [0.25, 0.3) is 0 Å². The van der Waals surface area contributed by atoms with Crippen LogP contribution in [0.1, 0.15) is 31.9 Å². The first-order valence-electron chi connectivity index (χ1n) is 7.75. The van der Waals surface area contributed by atoms with Crippen LogP contribution >= 0.6 is 0 Å². The second-order valence-electron chi connectivity index (χ2n) is 6.15. The van der Waals surface area contributed by atoms with Crippen molar-refractivity contribution in [2.45, 2.75) is 45.2 Å². The minimum absolute atomic E-state index is 0.192. The Kier molecular flexibility index (Phi) is 5.46. The second-order valence-corrected chi connectivity index (χ2v) is 8.14. The Morgan fingerprint density at radius 1 is 1.48 bits per heavy atom. The number of nitrogens with two attached hydrogens (primary N) is 1. The Balaban J connectivity index is 2.00. The fourth-order valence-corrected chi connectivity index (χ4v) is 3.92. The highest BCUT2D eigenvalue weighted by Gasteiger charge is 2.26. The van der Waals surface area contributed by atoms with Crippen molar-refractivity contribution in [1.29, 1.82) is 0 Å². The van der Waals surface area contributed by atoms with Crippen molar-refractivity contribution in [1.82, 2.24) is 8.87 Å². The third-order valence-electron chi connectivity index (χ3n) is 4.32. The zero-order valence-electron chi connectivity index (χ0n) is 13.0. The van der Waals surface area contributed by atoms with Gasteiger partial charge in [0.2, 0.25) is 10.0 Å². The standard InChI is InChI=1S/C15H27N3O2S/c1-3-14(16)10-15-7-5-8-17(15)11-13-6-4-9-18(12-13)21(2,19)20/h5,7-8,13-14H,3-4,6,9-12,16H2,1-2H3. The number of hydrogen-bond acceptors (Lipinski definition) is 3. The van der Waals surface area contributed by atoms with E-state index in [9.17, 15) is 8.42 Å². The maximum absolute atomic E-state index is 11.7. The highest BCUT2D eigenvalue weighted by Crippen LogP contribution is 2.21. The van der Waals surface area contributed by atoms with Gasteiger partial charge in [-0.15, -0.1) is 0 Å². The topological polar surface area (TPSA) is 68.3 Å². The summed E-state index contributed by atoms with van der Waals surface area (Å²) in [7, 11) is -3.07. The zero-order chi connectivity index (χ0) is 15.5. The molecule has 0 aliphatic carbocycles. The van der Waals surface area contributed by atoms with Gasteiger partial charge >= 0.3 is 0 Å². The first-order valence-corrected chi connectivity index (χ1v) is 9.59. The van der Waals surface area contributed by atoms with E-state index < -0.39 is 10.0 Å². The minimum Gasteiger partial charge on any atom is -0.351 e. The molecule has 0 spiro atoms. The Morgan fingerprint density at radius 3 is 2.90 bits per heavy atom. The number of piperidine rings is 1. The fraction of sp³-hybridized carbons (Fsp3) is 0.733. The molecule has 2 atom stereocenters. The molecule has 21 heavy (non-hydrogen) atoms. The predicted octanol–water partition coefficient (Wildman–Crippen LogP) is 1.44. The molecule has 0 radical (unpaired) electrons. The van der Waals surface area contributed by atoms with Crippen molar-refractivity contribution in [3.05, 3.63) is 24.0 Å². The van der Waals surface area contributed by atoms with Crippen molar-refractivity contribution in [2.75, 3.05) is 19.3 Å². The van der Waals surface area contributed by atoms with E-state index in [-0.39, 0.29) is 6.04 Å². The normalized spacial score (nSPS) is 22.3. The first-order chi connectivity index (χ1) is 9.90. The summed E-state index contributed by atoms with van der Waals surface area (Å²) in [5.74, 6) is 0.387. The van der Waals surface area contributed by atoms with Crippen molar-refractivity contribution in [3.8, 4) is 0 Å². The van der Waals surface area contributed by atoms with Crippen LogP contribution in [0.5, 0.6) is 0 Å². The van der Waals surface area contributed by atoms with Gasteiger partial charge in [-0.1, -0.05) is 6.92 Å². The molecule has 0 aromatic carbocycles. The van der Waals surface area contributed by atoms with Gasteiger partial charge in [-0.25, -0.2) is 12.7 Å². The van der Waals surface area contributed by atoms with E-state index in [0.717, 1.165) is 32.2 Å². The summed E-state index contributed by atoms with van der Waals surface area (Å²) < 4.78 is 27.2. The monoisotopic (exact) mass is 313 g/mol.